The summed E-state index contributed by atoms with van der Waals surface area (Å²) in [5.41, 5.74) is 5.96. The van der Waals surface area contributed by atoms with Crippen LogP contribution in [0, 0.1) is 20.8 Å². The molecule has 5 nitrogen and oxygen atoms in total. The SMILES string of the molecule is CC(=O)c1cc2[nH]c([S+]([O-])Cc3nccc(C)c3C)nc2cc1C. The number of fused-ring (bicyclic) bond motifs is 1. The molecule has 0 saturated heterocycles. The highest BCUT2D eigenvalue weighted by molar-refractivity contribution is 7.90. The number of hydrogen-bond acceptors (Lipinski definition) is 4. The second kappa shape index (κ2) is 6.37. The van der Waals surface area contributed by atoms with Crippen molar-refractivity contribution >= 4 is 28.0 Å². The van der Waals surface area contributed by atoms with Crippen molar-refractivity contribution in [2.45, 2.75) is 38.6 Å². The smallest absolute Gasteiger partial charge is 0.322 e. The molecule has 6 heteroatoms. The van der Waals surface area contributed by atoms with Crippen LogP contribution in [0.15, 0.2) is 29.6 Å². The summed E-state index contributed by atoms with van der Waals surface area (Å²) < 4.78 is 12.7. The van der Waals surface area contributed by atoms with Gasteiger partial charge in [0.1, 0.15) is 0 Å². The summed E-state index contributed by atoms with van der Waals surface area (Å²) in [5.74, 6) is 0.317. The van der Waals surface area contributed by atoms with E-state index < -0.39 is 11.2 Å². The Labute approximate surface area is 143 Å². The second-order valence-corrected chi connectivity index (χ2v) is 7.34. The largest absolute Gasteiger partial charge is 0.609 e. The standard InChI is InChI=1S/C18H19N3O2S/c1-10-5-6-19-17(12(10)3)9-24(23)18-20-15-7-11(2)14(13(4)22)8-16(15)21-18/h5-8H,9H2,1-4H3,(H,20,21). The van der Waals surface area contributed by atoms with E-state index in [1.54, 1.807) is 12.3 Å². The Morgan fingerprint density at radius 2 is 2.00 bits per heavy atom. The third kappa shape index (κ3) is 3.07. The summed E-state index contributed by atoms with van der Waals surface area (Å²) in [4.78, 5) is 23.5. The molecule has 0 saturated carbocycles. The van der Waals surface area contributed by atoms with Crippen LogP contribution in [0.25, 0.3) is 11.0 Å². The molecule has 3 rings (SSSR count). The Morgan fingerprint density at radius 1 is 1.25 bits per heavy atom. The quantitative estimate of drug-likeness (QED) is 0.582. The van der Waals surface area contributed by atoms with Gasteiger partial charge in [0, 0.05) is 22.9 Å². The normalized spacial score (nSPS) is 12.5. The minimum atomic E-state index is -1.32. The van der Waals surface area contributed by atoms with Crippen LogP contribution in [-0.2, 0) is 16.9 Å². The van der Waals surface area contributed by atoms with Gasteiger partial charge in [0.25, 0.3) is 0 Å². The number of ketones is 1. The van der Waals surface area contributed by atoms with Crippen LogP contribution >= 0.6 is 0 Å². The second-order valence-electron chi connectivity index (χ2n) is 5.97. The number of pyridine rings is 1. The molecule has 3 aromatic rings. The van der Waals surface area contributed by atoms with E-state index in [9.17, 15) is 9.35 Å². The molecule has 24 heavy (non-hydrogen) atoms. The van der Waals surface area contributed by atoms with Gasteiger partial charge in [-0.15, -0.1) is 0 Å². The van der Waals surface area contributed by atoms with Gasteiger partial charge in [0.2, 0.25) is 0 Å². The summed E-state index contributed by atoms with van der Waals surface area (Å²) in [6.07, 6.45) is 1.73. The molecule has 0 aliphatic heterocycles. The summed E-state index contributed by atoms with van der Waals surface area (Å²) in [6, 6.07) is 5.56. The Morgan fingerprint density at radius 3 is 2.71 bits per heavy atom. The monoisotopic (exact) mass is 341 g/mol. The number of imidazole rings is 1. The molecule has 2 heterocycles. The molecule has 0 aliphatic rings. The maximum absolute atomic E-state index is 12.7. The van der Waals surface area contributed by atoms with Crippen molar-refractivity contribution in [1.82, 2.24) is 15.0 Å². The fourth-order valence-corrected chi connectivity index (χ4v) is 3.75. The van der Waals surface area contributed by atoms with E-state index in [4.69, 9.17) is 0 Å². The van der Waals surface area contributed by atoms with E-state index in [1.165, 1.54) is 6.92 Å². The van der Waals surface area contributed by atoms with Gasteiger partial charge < -0.3 is 4.55 Å². The summed E-state index contributed by atoms with van der Waals surface area (Å²) >= 11 is -1.32. The number of H-pyrrole nitrogens is 1. The van der Waals surface area contributed by atoms with Crippen molar-refractivity contribution in [2.75, 3.05) is 0 Å². The Kier molecular flexibility index (Phi) is 4.43. The third-order valence-corrected chi connectivity index (χ3v) is 5.41. The minimum Gasteiger partial charge on any atom is -0.609 e. The zero-order chi connectivity index (χ0) is 17.4. The Bertz CT molecular complexity index is 933. The molecule has 124 valence electrons. The lowest BCUT2D eigenvalue weighted by Gasteiger charge is -2.09. The predicted octanol–water partition coefficient (Wildman–Crippen LogP) is 3.39. The number of aromatic nitrogens is 3. The lowest BCUT2D eigenvalue weighted by atomic mass is 10.0. The molecular formula is C18H19N3O2S. The van der Waals surface area contributed by atoms with Crippen molar-refractivity contribution < 1.29 is 9.35 Å². The van der Waals surface area contributed by atoms with Gasteiger partial charge in [-0.25, -0.2) is 0 Å². The number of Topliss-reactive ketones (excluding diaryl/α,β-unsaturated/α-hetero) is 1. The number of carbonyl (C=O) groups excluding carboxylic acids is 1. The molecule has 2 aromatic heterocycles. The summed E-state index contributed by atoms with van der Waals surface area (Å²) in [6.45, 7) is 7.41. The van der Waals surface area contributed by atoms with Crippen molar-refractivity contribution in [1.29, 1.82) is 0 Å². The zero-order valence-corrected chi connectivity index (χ0v) is 15.0. The molecule has 1 N–H and O–H groups in total. The van der Waals surface area contributed by atoms with Crippen LogP contribution in [0.4, 0.5) is 0 Å². The van der Waals surface area contributed by atoms with Crippen LogP contribution in [0.2, 0.25) is 0 Å². The molecular weight excluding hydrogens is 322 g/mol. The highest BCUT2D eigenvalue weighted by Crippen LogP contribution is 2.22. The molecule has 0 aliphatic carbocycles. The lowest BCUT2D eigenvalue weighted by Crippen LogP contribution is -2.10. The number of nitrogens with zero attached hydrogens (tertiary/aromatic N) is 2. The molecule has 0 amide bonds. The van der Waals surface area contributed by atoms with Crippen LogP contribution in [0.3, 0.4) is 0 Å². The molecule has 1 aromatic carbocycles. The number of carbonyl (C=O) groups is 1. The van der Waals surface area contributed by atoms with Gasteiger partial charge in [0.15, 0.2) is 11.5 Å². The molecule has 1 unspecified atom stereocenters. The molecule has 0 spiro atoms. The van der Waals surface area contributed by atoms with Gasteiger partial charge in [-0.1, -0.05) is 0 Å². The fraction of sp³-hybridized carbons (Fsp3) is 0.278. The topological polar surface area (TPSA) is 81.7 Å². The third-order valence-electron chi connectivity index (χ3n) is 4.25. The maximum atomic E-state index is 12.7. The van der Waals surface area contributed by atoms with E-state index in [1.807, 2.05) is 32.9 Å². The predicted molar refractivity (Wildman–Crippen MR) is 94.7 cm³/mol. The van der Waals surface area contributed by atoms with Crippen LogP contribution < -0.4 is 0 Å². The molecule has 0 fully saturated rings. The number of aryl methyl sites for hydroxylation is 2. The van der Waals surface area contributed by atoms with Gasteiger partial charge in [-0.05, 0) is 62.6 Å². The van der Waals surface area contributed by atoms with Crippen LogP contribution in [0.1, 0.15) is 39.7 Å². The number of aromatic amines is 1. The Hall–Kier alpha value is -2.18. The maximum Gasteiger partial charge on any atom is 0.322 e. The van der Waals surface area contributed by atoms with E-state index in [-0.39, 0.29) is 5.78 Å². The highest BCUT2D eigenvalue weighted by Gasteiger charge is 2.20. The highest BCUT2D eigenvalue weighted by atomic mass is 32.2. The van der Waals surface area contributed by atoms with Crippen molar-refractivity contribution in [3.05, 3.63) is 52.3 Å². The van der Waals surface area contributed by atoms with Gasteiger partial charge in [-0.2, -0.15) is 4.98 Å². The fourth-order valence-electron chi connectivity index (χ4n) is 2.65. The zero-order valence-electron chi connectivity index (χ0n) is 14.1. The van der Waals surface area contributed by atoms with Crippen molar-refractivity contribution in [2.24, 2.45) is 0 Å². The average molecular weight is 341 g/mol. The number of hydrogen-bond donors (Lipinski definition) is 1. The van der Waals surface area contributed by atoms with E-state index in [2.05, 4.69) is 15.0 Å². The van der Waals surface area contributed by atoms with Crippen LogP contribution in [0.5, 0.6) is 0 Å². The van der Waals surface area contributed by atoms with E-state index in [0.29, 0.717) is 16.5 Å². The molecule has 0 radical (unpaired) electrons. The van der Waals surface area contributed by atoms with Gasteiger partial charge in [-0.3, -0.25) is 14.8 Å². The van der Waals surface area contributed by atoms with Crippen LogP contribution in [-0.4, -0.2) is 25.3 Å². The van der Waals surface area contributed by atoms with E-state index in [0.717, 1.165) is 33.4 Å². The van der Waals surface area contributed by atoms with Gasteiger partial charge in [0.05, 0.1) is 16.7 Å². The average Bonchev–Trinajstić information content (AvgIpc) is 2.93. The first-order chi connectivity index (χ1) is 11.4. The van der Waals surface area contributed by atoms with E-state index >= 15 is 0 Å². The summed E-state index contributed by atoms with van der Waals surface area (Å²) in [5, 5.41) is 0.410. The number of nitrogens with one attached hydrogen (secondary N) is 1. The van der Waals surface area contributed by atoms with Gasteiger partial charge >= 0.3 is 5.16 Å². The summed E-state index contributed by atoms with van der Waals surface area (Å²) in [7, 11) is 0. The minimum absolute atomic E-state index is 0.00579. The number of rotatable bonds is 4. The Balaban J connectivity index is 1.94. The number of benzene rings is 1. The molecule has 0 bridgehead atoms. The first-order valence-electron chi connectivity index (χ1n) is 7.67. The lowest BCUT2D eigenvalue weighted by molar-refractivity contribution is 0.101. The first-order valence-corrected chi connectivity index (χ1v) is 8.99. The molecule has 1 atom stereocenters. The van der Waals surface area contributed by atoms with Crippen molar-refractivity contribution in [3.63, 3.8) is 0 Å². The van der Waals surface area contributed by atoms with Crippen molar-refractivity contribution in [3.8, 4) is 0 Å². The first kappa shape index (κ1) is 16.7.